The second-order valence-corrected chi connectivity index (χ2v) is 2.52. The summed E-state index contributed by atoms with van der Waals surface area (Å²) in [5.74, 6) is 5.18. The molecule has 3 N–H and O–H groups in total. The van der Waals surface area contributed by atoms with Crippen LogP contribution in [-0.2, 0) is 0 Å². The molecule has 66 valence electrons. The molecule has 1 aromatic rings. The SMILES string of the molecule is C=CC#CC(O)c1ccccc1N. The fourth-order valence-electron chi connectivity index (χ4n) is 0.976. The number of benzene rings is 1. The van der Waals surface area contributed by atoms with Crippen LogP contribution in [0.1, 0.15) is 11.7 Å². The molecule has 0 aromatic heterocycles. The van der Waals surface area contributed by atoms with E-state index in [0.717, 1.165) is 0 Å². The van der Waals surface area contributed by atoms with Crippen molar-refractivity contribution < 1.29 is 5.11 Å². The van der Waals surface area contributed by atoms with Gasteiger partial charge < -0.3 is 10.8 Å². The van der Waals surface area contributed by atoms with Crippen LogP contribution in [0.4, 0.5) is 5.69 Å². The van der Waals surface area contributed by atoms with Gasteiger partial charge in [0, 0.05) is 11.3 Å². The minimum absolute atomic E-state index is 0.549. The molecule has 2 nitrogen and oxygen atoms in total. The molecule has 0 saturated carbocycles. The normalized spacial score (nSPS) is 11.2. The van der Waals surface area contributed by atoms with Gasteiger partial charge in [-0.2, -0.15) is 0 Å². The summed E-state index contributed by atoms with van der Waals surface area (Å²) in [6.45, 7) is 3.43. The summed E-state index contributed by atoms with van der Waals surface area (Å²) in [5.41, 5.74) is 6.82. The van der Waals surface area contributed by atoms with Crippen LogP contribution in [0, 0.1) is 11.8 Å². The minimum atomic E-state index is -0.834. The molecule has 1 aromatic carbocycles. The summed E-state index contributed by atoms with van der Waals surface area (Å²) in [6.07, 6.45) is 0.599. The van der Waals surface area contributed by atoms with E-state index in [1.807, 2.05) is 12.1 Å². The first-order valence-corrected chi connectivity index (χ1v) is 3.90. The van der Waals surface area contributed by atoms with Crippen LogP contribution in [0.3, 0.4) is 0 Å². The third kappa shape index (κ3) is 2.36. The summed E-state index contributed by atoms with van der Waals surface area (Å²) < 4.78 is 0. The Morgan fingerprint density at radius 2 is 2.15 bits per heavy atom. The minimum Gasteiger partial charge on any atom is -0.398 e. The Balaban J connectivity index is 2.94. The van der Waals surface area contributed by atoms with E-state index in [1.54, 1.807) is 12.1 Å². The fraction of sp³-hybridized carbons (Fsp3) is 0.0909. The van der Waals surface area contributed by atoms with E-state index in [-0.39, 0.29) is 0 Å². The van der Waals surface area contributed by atoms with E-state index in [1.165, 1.54) is 6.08 Å². The Kier molecular flexibility index (Phi) is 3.13. The highest BCUT2D eigenvalue weighted by molar-refractivity contribution is 5.49. The summed E-state index contributed by atoms with van der Waals surface area (Å²) in [4.78, 5) is 0. The molecule has 2 heteroatoms. The highest BCUT2D eigenvalue weighted by atomic mass is 16.3. The first-order valence-electron chi connectivity index (χ1n) is 3.90. The second-order valence-electron chi connectivity index (χ2n) is 2.52. The van der Waals surface area contributed by atoms with Crippen LogP contribution in [-0.4, -0.2) is 5.11 Å². The summed E-state index contributed by atoms with van der Waals surface area (Å²) in [7, 11) is 0. The van der Waals surface area contributed by atoms with Crippen molar-refractivity contribution in [2.24, 2.45) is 0 Å². The van der Waals surface area contributed by atoms with Gasteiger partial charge in [-0.15, -0.1) is 0 Å². The molecule has 1 unspecified atom stereocenters. The Hall–Kier alpha value is -1.72. The van der Waals surface area contributed by atoms with Gasteiger partial charge in [0.1, 0.15) is 6.10 Å². The van der Waals surface area contributed by atoms with Gasteiger partial charge in [-0.05, 0) is 12.1 Å². The maximum atomic E-state index is 9.53. The number of hydrogen-bond acceptors (Lipinski definition) is 2. The van der Waals surface area contributed by atoms with Gasteiger partial charge >= 0.3 is 0 Å². The number of allylic oxidation sites excluding steroid dienone is 1. The molecule has 0 radical (unpaired) electrons. The largest absolute Gasteiger partial charge is 0.398 e. The third-order valence-corrected chi connectivity index (χ3v) is 1.61. The van der Waals surface area contributed by atoms with Crippen LogP contribution >= 0.6 is 0 Å². The smallest absolute Gasteiger partial charge is 0.142 e. The highest BCUT2D eigenvalue weighted by Crippen LogP contribution is 2.18. The molecule has 0 spiro atoms. The summed E-state index contributed by atoms with van der Waals surface area (Å²) in [5, 5.41) is 9.53. The maximum absolute atomic E-state index is 9.53. The molecule has 0 aliphatic carbocycles. The predicted octanol–water partition coefficient (Wildman–Crippen LogP) is 1.49. The van der Waals surface area contributed by atoms with Crippen molar-refractivity contribution in [2.75, 3.05) is 5.73 Å². The lowest BCUT2D eigenvalue weighted by Gasteiger charge is -2.06. The van der Waals surface area contributed by atoms with Crippen molar-refractivity contribution in [3.05, 3.63) is 42.5 Å². The van der Waals surface area contributed by atoms with Crippen LogP contribution < -0.4 is 5.73 Å². The van der Waals surface area contributed by atoms with Crippen molar-refractivity contribution in [2.45, 2.75) is 6.10 Å². The van der Waals surface area contributed by atoms with Crippen molar-refractivity contribution in [3.63, 3.8) is 0 Å². The predicted molar refractivity (Wildman–Crippen MR) is 53.8 cm³/mol. The van der Waals surface area contributed by atoms with Gasteiger partial charge in [0.2, 0.25) is 0 Å². The Morgan fingerprint density at radius 3 is 2.77 bits per heavy atom. The Labute approximate surface area is 77.7 Å². The van der Waals surface area contributed by atoms with Gasteiger partial charge in [0.25, 0.3) is 0 Å². The first-order chi connectivity index (χ1) is 6.25. The number of aliphatic hydroxyl groups is 1. The van der Waals surface area contributed by atoms with Crippen LogP contribution in [0.15, 0.2) is 36.9 Å². The Bertz CT molecular complexity index is 360. The van der Waals surface area contributed by atoms with E-state index in [2.05, 4.69) is 18.4 Å². The molecular formula is C11H11NO. The van der Waals surface area contributed by atoms with Gasteiger partial charge in [0.15, 0.2) is 0 Å². The van der Waals surface area contributed by atoms with E-state index < -0.39 is 6.10 Å². The van der Waals surface area contributed by atoms with E-state index >= 15 is 0 Å². The topological polar surface area (TPSA) is 46.2 Å². The number of rotatable bonds is 1. The van der Waals surface area contributed by atoms with Gasteiger partial charge in [-0.25, -0.2) is 0 Å². The fourth-order valence-corrected chi connectivity index (χ4v) is 0.976. The average molecular weight is 173 g/mol. The number of aliphatic hydroxyl groups excluding tert-OH is 1. The molecule has 0 aliphatic rings. The first kappa shape index (κ1) is 9.37. The van der Waals surface area contributed by atoms with Gasteiger partial charge in [-0.1, -0.05) is 36.6 Å². The average Bonchev–Trinajstić information content (AvgIpc) is 2.15. The van der Waals surface area contributed by atoms with Crippen molar-refractivity contribution in [1.29, 1.82) is 0 Å². The van der Waals surface area contributed by atoms with Crippen molar-refractivity contribution in [1.82, 2.24) is 0 Å². The van der Waals surface area contributed by atoms with Crippen LogP contribution in [0.25, 0.3) is 0 Å². The molecule has 0 amide bonds. The molecule has 0 saturated heterocycles. The third-order valence-electron chi connectivity index (χ3n) is 1.61. The quantitative estimate of drug-likeness (QED) is 0.499. The number of nitrogens with two attached hydrogens (primary N) is 1. The lowest BCUT2D eigenvalue weighted by molar-refractivity contribution is 0.239. The van der Waals surface area contributed by atoms with E-state index in [4.69, 9.17) is 5.73 Å². The maximum Gasteiger partial charge on any atom is 0.142 e. The van der Waals surface area contributed by atoms with Crippen LogP contribution in [0.2, 0.25) is 0 Å². The van der Waals surface area contributed by atoms with E-state index in [9.17, 15) is 5.11 Å². The zero-order valence-corrected chi connectivity index (χ0v) is 7.20. The molecule has 0 aliphatic heterocycles. The highest BCUT2D eigenvalue weighted by Gasteiger charge is 2.05. The zero-order valence-electron chi connectivity index (χ0n) is 7.20. The van der Waals surface area contributed by atoms with Crippen molar-refractivity contribution in [3.8, 4) is 11.8 Å². The van der Waals surface area contributed by atoms with Crippen molar-refractivity contribution >= 4 is 5.69 Å². The lowest BCUT2D eigenvalue weighted by atomic mass is 10.1. The van der Waals surface area contributed by atoms with E-state index in [0.29, 0.717) is 11.3 Å². The monoisotopic (exact) mass is 173 g/mol. The zero-order chi connectivity index (χ0) is 9.68. The molecule has 0 bridgehead atoms. The molecule has 0 fully saturated rings. The molecular weight excluding hydrogens is 162 g/mol. The summed E-state index contributed by atoms with van der Waals surface area (Å²) in [6, 6.07) is 7.10. The number of nitrogen functional groups attached to an aromatic ring is 1. The molecule has 13 heavy (non-hydrogen) atoms. The molecule has 1 atom stereocenters. The lowest BCUT2D eigenvalue weighted by Crippen LogP contribution is -1.99. The van der Waals surface area contributed by atoms with Gasteiger partial charge in [0.05, 0.1) is 0 Å². The van der Waals surface area contributed by atoms with Crippen LogP contribution in [0.5, 0.6) is 0 Å². The number of hydrogen-bond donors (Lipinski definition) is 2. The standard InChI is InChI=1S/C11H11NO/c1-2-3-8-11(13)9-6-4-5-7-10(9)12/h2,4-7,11,13H,1,12H2. The van der Waals surface area contributed by atoms with Gasteiger partial charge in [-0.3, -0.25) is 0 Å². The second kappa shape index (κ2) is 4.34. The number of para-hydroxylation sites is 1. The Morgan fingerprint density at radius 1 is 1.46 bits per heavy atom. The number of anilines is 1. The summed E-state index contributed by atoms with van der Waals surface area (Å²) >= 11 is 0. The molecule has 0 heterocycles. The molecule has 1 rings (SSSR count).